The molecule has 0 aliphatic carbocycles. The Morgan fingerprint density at radius 3 is 2.71 bits per heavy atom. The average Bonchev–Trinajstić information content (AvgIpc) is 3.44. The predicted octanol–water partition coefficient (Wildman–Crippen LogP) is 3.12. The summed E-state index contributed by atoms with van der Waals surface area (Å²) >= 11 is 0. The molecule has 9 nitrogen and oxygen atoms in total. The lowest BCUT2D eigenvalue weighted by Gasteiger charge is -2.18. The van der Waals surface area contributed by atoms with Gasteiger partial charge in [-0.2, -0.15) is 18.3 Å². The van der Waals surface area contributed by atoms with E-state index in [0.717, 1.165) is 12.1 Å². The molecule has 178 valence electrons. The van der Waals surface area contributed by atoms with Crippen molar-refractivity contribution in [2.75, 3.05) is 16.8 Å². The fourth-order valence-electron chi connectivity index (χ4n) is 4.01. The minimum Gasteiger partial charge on any atom is -0.324 e. The minimum absolute atomic E-state index is 0.0597. The summed E-state index contributed by atoms with van der Waals surface area (Å²) in [5.74, 6) is -1.69. The van der Waals surface area contributed by atoms with Crippen LogP contribution in [-0.2, 0) is 15.8 Å². The Morgan fingerprint density at radius 1 is 1.11 bits per heavy atom. The number of nitrogens with zero attached hydrogens (tertiary/aromatic N) is 4. The molecule has 2 aromatic heterocycles. The third-order valence-corrected chi connectivity index (χ3v) is 5.74. The Morgan fingerprint density at radius 2 is 1.91 bits per heavy atom. The molecule has 0 radical (unpaired) electrons. The highest BCUT2D eigenvalue weighted by Gasteiger charge is 2.37. The first-order valence-corrected chi connectivity index (χ1v) is 10.5. The maximum Gasteiger partial charge on any atom is 0.416 e. The molecule has 0 saturated carbocycles. The van der Waals surface area contributed by atoms with Gasteiger partial charge in [0.1, 0.15) is 5.39 Å². The zero-order valence-corrected chi connectivity index (χ0v) is 17.9. The first-order valence-electron chi connectivity index (χ1n) is 10.5. The number of benzene rings is 2. The van der Waals surface area contributed by atoms with Crippen LogP contribution in [-0.4, -0.2) is 38.1 Å². The van der Waals surface area contributed by atoms with Gasteiger partial charge >= 0.3 is 6.18 Å². The molecule has 2 aromatic carbocycles. The number of fused-ring (bicyclic) bond motifs is 1. The first kappa shape index (κ1) is 22.3. The number of carbonyl (C=O) groups excluding carboxylic acids is 2. The molecule has 2 N–H and O–H groups in total. The Labute approximate surface area is 195 Å². The van der Waals surface area contributed by atoms with Crippen molar-refractivity contribution in [2.45, 2.75) is 12.6 Å². The van der Waals surface area contributed by atoms with E-state index in [1.807, 2.05) is 0 Å². The standard InChI is InChI=1S/C23H17F3N6O3/c24-23(25,26)14-4-3-5-15(9-14)31-11-13(8-19(31)33)21(34)30-17-6-1-2-7-18(17)32-20-16(10-29-32)22(35)28-12-27-20/h1-7,9-10,12-13H,8,11H2,(H,30,34)(H,27,28,35). The van der Waals surface area contributed by atoms with Crippen molar-refractivity contribution in [1.29, 1.82) is 0 Å². The maximum atomic E-state index is 13.1. The summed E-state index contributed by atoms with van der Waals surface area (Å²) in [6.07, 6.45) is -2.08. The van der Waals surface area contributed by atoms with E-state index in [-0.39, 0.29) is 29.6 Å². The first-order chi connectivity index (χ1) is 16.7. The molecule has 4 aromatic rings. The summed E-state index contributed by atoms with van der Waals surface area (Å²) in [4.78, 5) is 45.4. The normalized spacial score (nSPS) is 16.1. The van der Waals surface area contributed by atoms with Crippen LogP contribution in [0.5, 0.6) is 0 Å². The smallest absolute Gasteiger partial charge is 0.324 e. The minimum atomic E-state index is -4.55. The number of rotatable bonds is 4. The number of hydrogen-bond acceptors (Lipinski definition) is 5. The van der Waals surface area contributed by atoms with Crippen molar-refractivity contribution in [1.82, 2.24) is 19.7 Å². The number of hydrogen-bond donors (Lipinski definition) is 2. The quantitative estimate of drug-likeness (QED) is 0.464. The molecule has 12 heteroatoms. The van der Waals surface area contributed by atoms with Gasteiger partial charge in [-0.1, -0.05) is 18.2 Å². The van der Waals surface area contributed by atoms with Crippen LogP contribution in [0, 0.1) is 5.92 Å². The van der Waals surface area contributed by atoms with Gasteiger partial charge in [0.05, 0.1) is 35.4 Å². The van der Waals surface area contributed by atoms with Gasteiger partial charge in [0.2, 0.25) is 11.8 Å². The molecule has 0 spiro atoms. The molecular weight excluding hydrogens is 465 g/mol. The molecule has 1 saturated heterocycles. The Hall–Kier alpha value is -4.48. The van der Waals surface area contributed by atoms with E-state index in [1.54, 1.807) is 24.3 Å². The van der Waals surface area contributed by atoms with Gasteiger partial charge in [0.25, 0.3) is 5.56 Å². The van der Waals surface area contributed by atoms with Crippen molar-refractivity contribution in [3.63, 3.8) is 0 Å². The maximum absolute atomic E-state index is 13.1. The van der Waals surface area contributed by atoms with Crippen molar-refractivity contribution >= 4 is 34.2 Å². The number of nitrogens with one attached hydrogen (secondary N) is 2. The van der Waals surface area contributed by atoms with Crippen molar-refractivity contribution in [3.05, 3.63) is 77.0 Å². The molecule has 1 fully saturated rings. The van der Waals surface area contributed by atoms with Crippen LogP contribution >= 0.6 is 0 Å². The van der Waals surface area contributed by atoms with Crippen molar-refractivity contribution in [3.8, 4) is 5.69 Å². The predicted molar refractivity (Wildman–Crippen MR) is 120 cm³/mol. The molecule has 1 unspecified atom stereocenters. The van der Waals surface area contributed by atoms with Gasteiger partial charge in [0.15, 0.2) is 5.65 Å². The van der Waals surface area contributed by atoms with Gasteiger partial charge in [0, 0.05) is 18.7 Å². The third-order valence-electron chi connectivity index (χ3n) is 5.74. The number of aromatic nitrogens is 4. The molecule has 0 bridgehead atoms. The molecule has 5 rings (SSSR count). The van der Waals surface area contributed by atoms with Crippen LogP contribution in [0.4, 0.5) is 24.5 Å². The lowest BCUT2D eigenvalue weighted by molar-refractivity contribution is -0.137. The Kier molecular flexibility index (Phi) is 5.35. The van der Waals surface area contributed by atoms with Crippen molar-refractivity contribution < 1.29 is 22.8 Å². The second-order valence-corrected chi connectivity index (χ2v) is 7.99. The van der Waals surface area contributed by atoms with E-state index in [0.29, 0.717) is 17.0 Å². The molecule has 35 heavy (non-hydrogen) atoms. The number of amides is 2. The zero-order chi connectivity index (χ0) is 24.7. The number of carbonyl (C=O) groups is 2. The highest BCUT2D eigenvalue weighted by atomic mass is 19.4. The topological polar surface area (TPSA) is 113 Å². The van der Waals surface area contributed by atoms with Crippen LogP contribution in [0.3, 0.4) is 0 Å². The third kappa shape index (κ3) is 4.14. The second-order valence-electron chi connectivity index (χ2n) is 7.99. The number of aromatic amines is 1. The van der Waals surface area contributed by atoms with E-state index >= 15 is 0 Å². The van der Waals surface area contributed by atoms with E-state index < -0.39 is 29.5 Å². The lowest BCUT2D eigenvalue weighted by atomic mass is 10.1. The Balaban J connectivity index is 1.39. The van der Waals surface area contributed by atoms with Crippen LogP contribution in [0.25, 0.3) is 16.7 Å². The summed E-state index contributed by atoms with van der Waals surface area (Å²) in [5, 5.41) is 7.26. The van der Waals surface area contributed by atoms with Crippen LogP contribution in [0.15, 0.2) is 65.8 Å². The van der Waals surface area contributed by atoms with Gasteiger partial charge in [-0.05, 0) is 30.3 Å². The molecular formula is C23H17F3N6O3. The largest absolute Gasteiger partial charge is 0.416 e. The molecule has 1 atom stereocenters. The average molecular weight is 482 g/mol. The van der Waals surface area contributed by atoms with Crippen molar-refractivity contribution in [2.24, 2.45) is 5.92 Å². The number of alkyl halides is 3. The fraction of sp³-hybridized carbons (Fsp3) is 0.174. The van der Waals surface area contributed by atoms with Gasteiger partial charge in [-0.15, -0.1) is 0 Å². The van der Waals surface area contributed by atoms with E-state index in [2.05, 4.69) is 20.4 Å². The fourth-order valence-corrected chi connectivity index (χ4v) is 4.01. The van der Waals surface area contributed by atoms with Crippen LogP contribution in [0.1, 0.15) is 12.0 Å². The highest BCUT2D eigenvalue weighted by molar-refractivity contribution is 6.04. The zero-order valence-electron chi connectivity index (χ0n) is 17.9. The van der Waals surface area contributed by atoms with E-state index in [1.165, 1.54) is 34.2 Å². The molecule has 2 amide bonds. The summed E-state index contributed by atoms with van der Waals surface area (Å²) in [5.41, 5.74) is -0.0324. The second kappa shape index (κ2) is 8.38. The van der Waals surface area contributed by atoms with Crippen LogP contribution < -0.4 is 15.8 Å². The van der Waals surface area contributed by atoms with E-state index in [9.17, 15) is 27.6 Å². The van der Waals surface area contributed by atoms with E-state index in [4.69, 9.17) is 0 Å². The Bertz CT molecular complexity index is 1510. The number of para-hydroxylation sites is 2. The molecule has 1 aliphatic rings. The van der Waals surface area contributed by atoms with Crippen LogP contribution in [0.2, 0.25) is 0 Å². The van der Waals surface area contributed by atoms with Gasteiger partial charge in [-0.3, -0.25) is 14.4 Å². The number of anilines is 2. The summed E-state index contributed by atoms with van der Waals surface area (Å²) in [7, 11) is 0. The number of halogens is 3. The monoisotopic (exact) mass is 482 g/mol. The summed E-state index contributed by atoms with van der Waals surface area (Å²) < 4.78 is 40.6. The van der Waals surface area contributed by atoms with Gasteiger partial charge < -0.3 is 15.2 Å². The SMILES string of the molecule is O=C(Nc1ccccc1-n1ncc2c(=O)[nH]cnc21)C1CC(=O)N(c2cccc(C(F)(F)F)c2)C1. The highest BCUT2D eigenvalue weighted by Crippen LogP contribution is 2.34. The summed E-state index contributed by atoms with van der Waals surface area (Å²) in [6, 6.07) is 11.2. The summed E-state index contributed by atoms with van der Waals surface area (Å²) in [6.45, 7) is -0.0597. The molecule has 3 heterocycles. The lowest BCUT2D eigenvalue weighted by Crippen LogP contribution is -2.28. The van der Waals surface area contributed by atoms with Gasteiger partial charge in [-0.25, -0.2) is 9.67 Å². The number of H-pyrrole nitrogens is 1. The molecule has 1 aliphatic heterocycles.